The van der Waals surface area contributed by atoms with E-state index < -0.39 is 14.2 Å². The zero-order valence-corrected chi connectivity index (χ0v) is 46.8. The van der Waals surface area contributed by atoms with Gasteiger partial charge in [-0.1, -0.05) is 192 Å². The van der Waals surface area contributed by atoms with Gasteiger partial charge in [0.05, 0.1) is 37.4 Å². The van der Waals surface area contributed by atoms with Gasteiger partial charge >= 0.3 is 14.2 Å². The van der Waals surface area contributed by atoms with Gasteiger partial charge in [0, 0.05) is 0 Å². The Kier molecular flexibility index (Phi) is 19.6. The fourth-order valence-electron chi connectivity index (χ4n) is 14.4. The smallest absolute Gasteiger partial charge is 0.494 e. The second kappa shape index (κ2) is 27.3. The topological polar surface area (TPSA) is 92.3 Å². The molecule has 16 bridgehead atoms. The number of benzene rings is 3. The summed E-state index contributed by atoms with van der Waals surface area (Å²) in [5, 5.41) is 0. The van der Waals surface area contributed by atoms with Gasteiger partial charge in [-0.15, -0.1) is 0 Å². The molecular formula is C64H92B2O10. The maximum atomic E-state index is 7.08. The van der Waals surface area contributed by atoms with Crippen molar-refractivity contribution in [1.82, 2.24) is 0 Å². The molecule has 0 saturated carbocycles. The number of hydrogen-bond donors (Lipinski definition) is 0. The quantitative estimate of drug-likeness (QED) is 0.203. The molecule has 3 aromatic rings. The van der Waals surface area contributed by atoms with E-state index in [-0.39, 0.29) is 48.8 Å². The summed E-state index contributed by atoms with van der Waals surface area (Å²) in [4.78, 5) is 0. The van der Waals surface area contributed by atoms with E-state index in [1.807, 2.05) is 0 Å². The molecule has 10 aliphatic heterocycles. The Balaban J connectivity index is 0.856. The monoisotopic (exact) mass is 1040 g/mol. The second-order valence-electron chi connectivity index (χ2n) is 24.0. The molecule has 0 radical (unpaired) electrons. The van der Waals surface area contributed by atoms with E-state index in [2.05, 4.69) is 50.2 Å². The third-order valence-electron chi connectivity index (χ3n) is 18.5. The minimum absolute atomic E-state index is 0.261. The lowest BCUT2D eigenvalue weighted by atomic mass is 9.74. The second-order valence-corrected chi connectivity index (χ2v) is 24.0. The lowest BCUT2D eigenvalue weighted by Gasteiger charge is -2.31. The predicted molar refractivity (Wildman–Crippen MR) is 302 cm³/mol. The van der Waals surface area contributed by atoms with Gasteiger partial charge in [0.15, 0.2) is 0 Å². The Hall–Kier alpha value is -3.25. The summed E-state index contributed by atoms with van der Waals surface area (Å²) in [7, 11) is -1.26. The highest BCUT2D eigenvalue weighted by Gasteiger charge is 2.65. The minimum Gasteiger partial charge on any atom is -0.494 e. The van der Waals surface area contributed by atoms with Gasteiger partial charge in [0.2, 0.25) is 0 Å². The van der Waals surface area contributed by atoms with Gasteiger partial charge < -0.3 is 47.0 Å². The van der Waals surface area contributed by atoms with Gasteiger partial charge in [-0.25, -0.2) is 0 Å². The lowest BCUT2D eigenvalue weighted by molar-refractivity contribution is 0.0168. The Morgan fingerprint density at radius 2 is 0.487 bits per heavy atom. The molecule has 8 atom stereocenters. The molecule has 12 heteroatoms. The highest BCUT2D eigenvalue weighted by Crippen LogP contribution is 2.64. The Bertz CT molecular complexity index is 2030. The van der Waals surface area contributed by atoms with Gasteiger partial charge in [-0.3, -0.25) is 0 Å². The Labute approximate surface area is 457 Å². The van der Waals surface area contributed by atoms with Crippen LogP contribution in [0.3, 0.4) is 0 Å². The van der Waals surface area contributed by atoms with Gasteiger partial charge in [-0.05, 0) is 97.2 Å². The van der Waals surface area contributed by atoms with Crippen LogP contribution < -0.4 is 29.9 Å². The van der Waals surface area contributed by atoms with Gasteiger partial charge in [0.25, 0.3) is 0 Å². The van der Waals surface area contributed by atoms with Crippen LogP contribution in [-0.2, 0) is 28.1 Å². The Morgan fingerprint density at radius 3 is 0.697 bits per heavy atom. The molecule has 3 aromatic carbocycles. The number of hydrogen-bond acceptors (Lipinski definition) is 10. The third-order valence-corrected chi connectivity index (χ3v) is 18.5. The number of rotatable bonds is 0. The van der Waals surface area contributed by atoms with Crippen LogP contribution in [0.5, 0.6) is 23.0 Å². The summed E-state index contributed by atoms with van der Waals surface area (Å²) in [6, 6.07) is 12.5. The van der Waals surface area contributed by atoms with Crippen LogP contribution in [0, 0.1) is 13.8 Å². The molecule has 76 heavy (non-hydrogen) atoms. The molecule has 4 fully saturated rings. The molecule has 10 aliphatic rings. The summed E-state index contributed by atoms with van der Waals surface area (Å²) < 4.78 is 69.0. The van der Waals surface area contributed by atoms with Crippen molar-refractivity contribution in [1.29, 1.82) is 0 Å². The highest BCUT2D eigenvalue weighted by atomic mass is 16.7. The largest absolute Gasteiger partial charge is 0.502 e. The summed E-state index contributed by atoms with van der Waals surface area (Å²) in [6.07, 6.45) is 38.7. The zero-order valence-electron chi connectivity index (χ0n) is 46.8. The van der Waals surface area contributed by atoms with E-state index in [0.717, 1.165) is 59.6 Å². The first-order chi connectivity index (χ1) is 37.7. The standard InChI is InChI=1S/C64H92B2O10/c1-45-51-53-46(2)54-52(45)58-62-64(60(54)72-58)76-66(74-62)56-48-38-36-40-50(56)70-44-34-30-26-22-18-14-10-6-5-9-13-17-21-25-29-33-43-69-49-39-35-37-47(55(49)65-73-61-57(51)71-59(53)63(61)75-65)67-41-31-27-23-19-15-11-7-3-4-8-12-16-20-24-28-32-42-68-48/h35-40,57-64H,3-34,41-44H2,1-2H3/t57-,58-,59+,60+,61-,62-,63+,64+. The molecule has 0 aliphatic carbocycles. The molecule has 13 rings (SSSR count). The van der Waals surface area contributed by atoms with Crippen molar-refractivity contribution in [2.45, 2.75) is 268 Å². The molecule has 414 valence electrons. The minimum atomic E-state index is -0.630. The van der Waals surface area contributed by atoms with E-state index in [9.17, 15) is 0 Å². The van der Waals surface area contributed by atoms with E-state index in [0.29, 0.717) is 26.4 Å². The van der Waals surface area contributed by atoms with Crippen molar-refractivity contribution in [2.24, 2.45) is 0 Å². The Morgan fingerprint density at radius 1 is 0.289 bits per heavy atom. The summed E-state index contributed by atoms with van der Waals surface area (Å²) in [6.45, 7) is 7.16. The molecule has 10 heterocycles. The lowest BCUT2D eigenvalue weighted by Crippen LogP contribution is -2.36. The first-order valence-corrected chi connectivity index (χ1v) is 31.5. The SMILES string of the molecule is Cc1c2c3c(C)c4c1[C@H]1O[C@@H]4[C@@H]4OB(O[C@@H]41)c1c4cccc1OCCCCCCCCCCCCCCCCCCOc1cccc(c1B1O[C@@H]5[C@H](O1)[C@@H]2O[C@@H]35)OCCCCCCCCCCCCCCCCCCO4. The van der Waals surface area contributed by atoms with Crippen molar-refractivity contribution < 1.29 is 47.0 Å². The van der Waals surface area contributed by atoms with Crippen LogP contribution in [0.2, 0.25) is 0 Å². The maximum absolute atomic E-state index is 7.08. The molecular weight excluding hydrogens is 950 g/mol. The van der Waals surface area contributed by atoms with Gasteiger partial charge in [0.1, 0.15) is 71.8 Å². The van der Waals surface area contributed by atoms with Crippen molar-refractivity contribution in [2.75, 3.05) is 26.4 Å². The zero-order chi connectivity index (χ0) is 51.5. The maximum Gasteiger partial charge on any atom is 0.502 e. The van der Waals surface area contributed by atoms with E-state index in [1.54, 1.807) is 0 Å². The van der Waals surface area contributed by atoms with E-state index in [4.69, 9.17) is 47.0 Å². The summed E-state index contributed by atoms with van der Waals surface area (Å²) in [5.41, 5.74) is 9.09. The van der Waals surface area contributed by atoms with E-state index in [1.165, 1.54) is 213 Å². The summed E-state index contributed by atoms with van der Waals surface area (Å²) in [5.74, 6) is 3.21. The molecule has 0 spiro atoms. The summed E-state index contributed by atoms with van der Waals surface area (Å²) >= 11 is 0. The van der Waals surface area contributed by atoms with Crippen molar-refractivity contribution >= 4 is 25.2 Å². The van der Waals surface area contributed by atoms with Crippen molar-refractivity contribution in [3.05, 3.63) is 69.8 Å². The van der Waals surface area contributed by atoms with Crippen LogP contribution in [-0.4, -0.2) is 65.1 Å². The average Bonchev–Trinajstić information content (AvgIpc) is 4.40. The molecule has 10 nitrogen and oxygen atoms in total. The highest BCUT2D eigenvalue weighted by molar-refractivity contribution is 6.64. The normalized spacial score (nSPS) is 30.0. The molecule has 0 aromatic heterocycles. The molecule has 0 amide bonds. The van der Waals surface area contributed by atoms with Crippen LogP contribution in [0.25, 0.3) is 0 Å². The fourth-order valence-corrected chi connectivity index (χ4v) is 14.4. The van der Waals surface area contributed by atoms with Gasteiger partial charge in [-0.2, -0.15) is 0 Å². The van der Waals surface area contributed by atoms with Crippen LogP contribution in [0.15, 0.2) is 36.4 Å². The number of ether oxygens (including phenoxy) is 6. The molecule has 4 saturated heterocycles. The predicted octanol–water partition coefficient (Wildman–Crippen LogP) is 14.9. The van der Waals surface area contributed by atoms with Crippen molar-refractivity contribution in [3.63, 3.8) is 0 Å². The fraction of sp³-hybridized carbons (Fsp3) is 0.719. The van der Waals surface area contributed by atoms with Crippen molar-refractivity contribution in [3.8, 4) is 23.0 Å². The van der Waals surface area contributed by atoms with Crippen LogP contribution in [0.4, 0.5) is 0 Å². The van der Waals surface area contributed by atoms with E-state index >= 15 is 0 Å². The van der Waals surface area contributed by atoms with Crippen LogP contribution in [0.1, 0.15) is 263 Å². The third kappa shape index (κ3) is 12.4. The first kappa shape index (κ1) is 54.7. The average molecular weight is 1040 g/mol. The molecule has 0 unspecified atom stereocenters. The first-order valence-electron chi connectivity index (χ1n) is 31.5. The molecule has 0 N–H and O–H groups in total. The van der Waals surface area contributed by atoms with Crippen LogP contribution >= 0.6 is 0 Å². The number of fused-ring (bicyclic) bond motifs is 38.